The van der Waals surface area contributed by atoms with Crippen LogP contribution in [0.1, 0.15) is 108 Å². The molecule has 3 aliphatic carbocycles. The van der Waals surface area contributed by atoms with Crippen LogP contribution in [0.3, 0.4) is 0 Å². The van der Waals surface area contributed by atoms with Crippen LogP contribution in [0.4, 0.5) is 34.1 Å². The monoisotopic (exact) mass is 1140 g/mol. The van der Waals surface area contributed by atoms with Gasteiger partial charge >= 0.3 is 0 Å². The molecule has 0 atom stereocenters. The van der Waals surface area contributed by atoms with E-state index in [1.165, 1.54) is 122 Å². The lowest BCUT2D eigenvalue weighted by atomic mass is 9.81. The van der Waals surface area contributed by atoms with Crippen molar-refractivity contribution in [2.45, 2.75) is 71.6 Å². The Morgan fingerprint density at radius 1 is 0.236 bits per heavy atom. The summed E-state index contributed by atoms with van der Waals surface area (Å²) in [5.41, 5.74) is 34.4. The van der Waals surface area contributed by atoms with Crippen LogP contribution < -0.4 is 9.80 Å². The topological polar surface area (TPSA) is 6.48 Å². The molecule has 0 radical (unpaired) electrons. The highest BCUT2D eigenvalue weighted by atomic mass is 15.2. The van der Waals surface area contributed by atoms with E-state index in [0.717, 1.165) is 34.1 Å². The number of fused-ring (bicyclic) bond motifs is 9. The molecule has 2 nitrogen and oxygen atoms in total. The first-order valence-corrected chi connectivity index (χ1v) is 31.5. The standard InChI is InChI=1S/C87H72N2/c1-57-27-39-65(40-28-57)88(83-25-17-15-23-69(83)63-19-11-9-12-20-63)67-43-49-75-73-47-37-61(53-79(73)86(5,6)81(75)55-67)33-31-59-35-45-71-72-46-36-60(52-78(72)85(3,4)77(71)51-59)32-34-62-38-48-74-76-50-44-68(56-82(76)87(7,8)80(74)54-62)89(66-41-29-58(2)30-42-66)84-26-18-16-24-70(84)64-21-13-10-14-22-64/h9-56H,1-8H3. The second-order valence-corrected chi connectivity index (χ2v) is 26.3. The van der Waals surface area contributed by atoms with Crippen molar-refractivity contribution >= 4 is 58.4 Å². The molecule has 0 N–H and O–H groups in total. The molecule has 0 fully saturated rings. The molecule has 2 heteroatoms. The zero-order valence-corrected chi connectivity index (χ0v) is 52.1. The minimum Gasteiger partial charge on any atom is -0.310 e. The van der Waals surface area contributed by atoms with Gasteiger partial charge in [-0.25, -0.2) is 0 Å². The lowest BCUT2D eigenvalue weighted by molar-refractivity contribution is 0.660. The highest BCUT2D eigenvalue weighted by molar-refractivity contribution is 5.94. The van der Waals surface area contributed by atoms with Crippen LogP contribution in [-0.2, 0) is 16.2 Å². The van der Waals surface area contributed by atoms with Crippen LogP contribution in [0.15, 0.2) is 267 Å². The van der Waals surface area contributed by atoms with E-state index >= 15 is 0 Å². The average molecular weight is 1150 g/mol. The van der Waals surface area contributed by atoms with Crippen molar-refractivity contribution < 1.29 is 0 Å². The number of anilines is 6. The summed E-state index contributed by atoms with van der Waals surface area (Å²) in [5, 5.41) is 0. The zero-order chi connectivity index (χ0) is 60.8. The summed E-state index contributed by atoms with van der Waals surface area (Å²) in [4.78, 5) is 4.86. The SMILES string of the molecule is Cc1ccc(N(c2ccc3c(c2)C(C)(C)c2cc(C=Cc4ccc5c(c4)C(C)(C)c4cc(C=Cc6ccc7c(c6)C(C)(C)c6cc(N(c8ccc(C)cc8)c8ccccc8-c8ccccc8)ccc6-7)ccc4-5)ccc2-3)c2ccccc2-c2ccccc2)cc1. The molecular formula is C87H72N2. The summed E-state index contributed by atoms with van der Waals surface area (Å²) in [7, 11) is 0. The van der Waals surface area contributed by atoms with Gasteiger partial charge in [-0.3, -0.25) is 0 Å². The Morgan fingerprint density at radius 3 is 0.809 bits per heavy atom. The number of hydrogen-bond donors (Lipinski definition) is 0. The summed E-state index contributed by atoms with van der Waals surface area (Å²) in [6, 6.07) is 99.3. The van der Waals surface area contributed by atoms with Gasteiger partial charge < -0.3 is 9.80 Å². The second-order valence-electron chi connectivity index (χ2n) is 26.3. The van der Waals surface area contributed by atoms with Crippen LogP contribution in [0.2, 0.25) is 0 Å². The first-order chi connectivity index (χ1) is 43.2. The molecule has 0 amide bonds. The number of hydrogen-bond acceptors (Lipinski definition) is 2. The fourth-order valence-electron chi connectivity index (χ4n) is 14.6. The predicted molar refractivity (Wildman–Crippen MR) is 380 cm³/mol. The van der Waals surface area contributed by atoms with Gasteiger partial charge in [0.15, 0.2) is 0 Å². The van der Waals surface area contributed by atoms with Crippen LogP contribution in [-0.4, -0.2) is 0 Å². The zero-order valence-electron chi connectivity index (χ0n) is 52.1. The minimum atomic E-state index is -0.209. The van der Waals surface area contributed by atoms with E-state index in [2.05, 4.69) is 356 Å². The number of benzene rings is 12. The minimum absolute atomic E-state index is 0.167. The van der Waals surface area contributed by atoms with Crippen LogP contribution in [0.25, 0.3) is 79.9 Å². The van der Waals surface area contributed by atoms with Gasteiger partial charge in [0.05, 0.1) is 11.4 Å². The molecular weight excluding hydrogens is 1070 g/mol. The van der Waals surface area contributed by atoms with Crippen LogP contribution >= 0.6 is 0 Å². The van der Waals surface area contributed by atoms with E-state index in [1.807, 2.05) is 0 Å². The fraction of sp³-hybridized carbons (Fsp3) is 0.126. The molecule has 3 aliphatic rings. The average Bonchev–Trinajstić information content (AvgIpc) is 1.64. The molecule has 0 bridgehead atoms. The Labute approximate surface area is 526 Å². The van der Waals surface area contributed by atoms with Crippen molar-refractivity contribution in [1.82, 2.24) is 0 Å². The largest absolute Gasteiger partial charge is 0.310 e. The van der Waals surface area contributed by atoms with E-state index in [4.69, 9.17) is 0 Å². The number of aryl methyl sites for hydroxylation is 2. The third-order valence-electron chi connectivity index (χ3n) is 19.6. The van der Waals surface area contributed by atoms with Gasteiger partial charge in [0.25, 0.3) is 0 Å². The summed E-state index contributed by atoms with van der Waals surface area (Å²) in [6.45, 7) is 18.6. The summed E-state index contributed by atoms with van der Waals surface area (Å²) >= 11 is 0. The molecule has 0 unspecified atom stereocenters. The highest BCUT2D eigenvalue weighted by Gasteiger charge is 2.39. The summed E-state index contributed by atoms with van der Waals surface area (Å²) in [5.74, 6) is 0. The number of rotatable bonds is 12. The summed E-state index contributed by atoms with van der Waals surface area (Å²) in [6.07, 6.45) is 9.20. The van der Waals surface area contributed by atoms with E-state index in [1.54, 1.807) is 0 Å². The Balaban J connectivity index is 0.670. The maximum Gasteiger partial charge on any atom is 0.0540 e. The molecule has 0 aliphatic heterocycles. The molecule has 0 heterocycles. The molecule has 12 aromatic rings. The third kappa shape index (κ3) is 9.58. The van der Waals surface area contributed by atoms with Gasteiger partial charge in [-0.2, -0.15) is 0 Å². The molecule has 0 saturated carbocycles. The number of nitrogens with zero attached hydrogens (tertiary/aromatic N) is 2. The van der Waals surface area contributed by atoms with E-state index in [9.17, 15) is 0 Å². The van der Waals surface area contributed by atoms with Crippen molar-refractivity contribution in [3.05, 3.63) is 334 Å². The van der Waals surface area contributed by atoms with Crippen molar-refractivity contribution in [3.8, 4) is 55.6 Å². The Hall–Kier alpha value is -10.3. The van der Waals surface area contributed by atoms with Crippen LogP contribution in [0, 0.1) is 13.8 Å². The normalized spacial score (nSPS) is 14.2. The quantitative estimate of drug-likeness (QED) is 0.113. The molecule has 15 rings (SSSR count). The molecule has 0 spiro atoms. The van der Waals surface area contributed by atoms with Crippen molar-refractivity contribution in [2.75, 3.05) is 9.80 Å². The Morgan fingerprint density at radius 2 is 0.494 bits per heavy atom. The Kier molecular flexibility index (Phi) is 13.4. The van der Waals surface area contributed by atoms with Crippen molar-refractivity contribution in [1.29, 1.82) is 0 Å². The van der Waals surface area contributed by atoms with Gasteiger partial charge in [-0.15, -0.1) is 0 Å². The third-order valence-corrected chi connectivity index (χ3v) is 19.6. The van der Waals surface area contributed by atoms with Gasteiger partial charge in [-0.05, 0) is 175 Å². The Bertz CT molecular complexity index is 4500. The smallest absolute Gasteiger partial charge is 0.0540 e. The maximum atomic E-state index is 2.44. The maximum absolute atomic E-state index is 2.44. The van der Waals surface area contributed by atoms with Gasteiger partial charge in [0.1, 0.15) is 0 Å². The first kappa shape index (κ1) is 55.3. The van der Waals surface area contributed by atoms with Gasteiger partial charge in [-0.1, -0.05) is 283 Å². The molecule has 0 aromatic heterocycles. The van der Waals surface area contributed by atoms with Crippen molar-refractivity contribution in [2.24, 2.45) is 0 Å². The fourth-order valence-corrected chi connectivity index (χ4v) is 14.6. The predicted octanol–water partition coefficient (Wildman–Crippen LogP) is 23.8. The van der Waals surface area contributed by atoms with E-state index < -0.39 is 0 Å². The second kappa shape index (κ2) is 21.5. The molecule has 12 aromatic carbocycles. The van der Waals surface area contributed by atoms with Gasteiger partial charge in [0, 0.05) is 50.1 Å². The highest BCUT2D eigenvalue weighted by Crippen LogP contribution is 2.55. The first-order valence-electron chi connectivity index (χ1n) is 31.5. The van der Waals surface area contributed by atoms with Crippen molar-refractivity contribution in [3.63, 3.8) is 0 Å². The lowest BCUT2D eigenvalue weighted by Crippen LogP contribution is -2.17. The van der Waals surface area contributed by atoms with Gasteiger partial charge in [0.2, 0.25) is 0 Å². The number of para-hydroxylation sites is 2. The van der Waals surface area contributed by atoms with E-state index in [0.29, 0.717) is 0 Å². The van der Waals surface area contributed by atoms with Crippen LogP contribution in [0.5, 0.6) is 0 Å². The molecule has 430 valence electrons. The summed E-state index contributed by atoms with van der Waals surface area (Å²) < 4.78 is 0. The molecule has 0 saturated heterocycles. The lowest BCUT2D eigenvalue weighted by Gasteiger charge is -2.30. The van der Waals surface area contributed by atoms with E-state index in [-0.39, 0.29) is 16.2 Å². The molecule has 89 heavy (non-hydrogen) atoms.